The van der Waals surface area contributed by atoms with Gasteiger partial charge in [-0.1, -0.05) is 80.1 Å². The van der Waals surface area contributed by atoms with E-state index < -0.39 is 23.0 Å². The average Bonchev–Trinajstić information content (AvgIpc) is 2.86. The van der Waals surface area contributed by atoms with Crippen LogP contribution in [-0.4, -0.2) is 45.2 Å². The second kappa shape index (κ2) is 12.6. The Morgan fingerprint density at radius 3 is 2.59 bits per heavy atom. The number of allylic oxidation sites excluding steroid dienone is 2. The summed E-state index contributed by atoms with van der Waals surface area (Å²) < 4.78 is 17.1. The number of alkyl carbamates (subject to hydrolysis) is 1. The summed E-state index contributed by atoms with van der Waals surface area (Å²) in [5, 5.41) is 5.89. The van der Waals surface area contributed by atoms with Gasteiger partial charge in [-0.2, -0.15) is 0 Å². The number of fused-ring (bicyclic) bond motifs is 1. The van der Waals surface area contributed by atoms with Crippen molar-refractivity contribution in [3.05, 3.63) is 71.8 Å². The molecule has 1 aromatic carbocycles. The predicted molar refractivity (Wildman–Crippen MR) is 145 cm³/mol. The first kappa shape index (κ1) is 28.7. The fraction of sp³-hybridized carbons (Fsp3) is 0.533. The molecular weight excluding hydrogens is 468 g/mol. The molecule has 2 amide bonds. The van der Waals surface area contributed by atoms with E-state index >= 15 is 0 Å². The van der Waals surface area contributed by atoms with Crippen molar-refractivity contribution in [2.45, 2.75) is 53.2 Å². The van der Waals surface area contributed by atoms with Crippen LogP contribution in [-0.2, 0) is 25.5 Å². The first-order valence-corrected chi connectivity index (χ1v) is 12.9. The molecule has 2 aliphatic rings. The molecule has 37 heavy (non-hydrogen) atoms. The van der Waals surface area contributed by atoms with E-state index in [1.54, 1.807) is 7.11 Å². The first-order valence-electron chi connectivity index (χ1n) is 12.9. The lowest BCUT2D eigenvalue weighted by Gasteiger charge is -2.50. The van der Waals surface area contributed by atoms with Gasteiger partial charge in [0.15, 0.2) is 0 Å². The monoisotopic (exact) mass is 510 g/mol. The minimum atomic E-state index is -0.617. The van der Waals surface area contributed by atoms with Crippen molar-refractivity contribution in [3.8, 4) is 0 Å². The molecular formula is C30H42N2O5. The van der Waals surface area contributed by atoms with E-state index in [0.717, 1.165) is 23.1 Å². The van der Waals surface area contributed by atoms with Crippen LogP contribution in [0.4, 0.5) is 4.79 Å². The predicted octanol–water partition coefficient (Wildman–Crippen LogP) is 5.15. The van der Waals surface area contributed by atoms with E-state index in [9.17, 15) is 9.59 Å². The summed E-state index contributed by atoms with van der Waals surface area (Å²) in [5.74, 6) is 0.0407. The minimum Gasteiger partial charge on any atom is -0.445 e. The maximum absolute atomic E-state index is 13.1. The Morgan fingerprint density at radius 1 is 1.19 bits per heavy atom. The zero-order chi connectivity index (χ0) is 27.1. The van der Waals surface area contributed by atoms with E-state index in [-0.39, 0.29) is 24.5 Å². The smallest absolute Gasteiger partial charge is 0.407 e. The van der Waals surface area contributed by atoms with Crippen LogP contribution < -0.4 is 10.6 Å². The maximum atomic E-state index is 13.1. The normalized spacial score (nSPS) is 25.0. The van der Waals surface area contributed by atoms with Gasteiger partial charge in [0.25, 0.3) is 0 Å². The Labute approximate surface area is 221 Å². The molecule has 0 bridgehead atoms. The molecule has 0 spiro atoms. The second-order valence-electron chi connectivity index (χ2n) is 11.0. The largest absolute Gasteiger partial charge is 0.445 e. The third-order valence-corrected chi connectivity index (χ3v) is 7.57. The van der Waals surface area contributed by atoms with Crippen molar-refractivity contribution >= 4 is 12.0 Å². The third-order valence-electron chi connectivity index (χ3n) is 7.57. The number of hydrogen-bond donors (Lipinski definition) is 2. The Balaban J connectivity index is 1.82. The SMILES string of the molecule is C=C(C)CNC(=O)C(C)(C)[C@@H]1C=C[C@@]2(COCOC)[C@@H](OC(=O)NCc3ccccc3)CC(C)=C[C@H]2C1. The van der Waals surface area contributed by atoms with Crippen molar-refractivity contribution < 1.29 is 23.8 Å². The van der Waals surface area contributed by atoms with Crippen LogP contribution in [0, 0.1) is 22.7 Å². The number of benzene rings is 1. The molecule has 0 radical (unpaired) electrons. The van der Waals surface area contributed by atoms with Gasteiger partial charge in [-0.15, -0.1) is 0 Å². The van der Waals surface area contributed by atoms with E-state index in [2.05, 4.69) is 42.4 Å². The second-order valence-corrected chi connectivity index (χ2v) is 11.0. The van der Waals surface area contributed by atoms with Crippen LogP contribution in [0.5, 0.6) is 0 Å². The van der Waals surface area contributed by atoms with E-state index in [1.165, 1.54) is 0 Å². The number of rotatable bonds is 11. The van der Waals surface area contributed by atoms with E-state index in [0.29, 0.717) is 26.1 Å². The summed E-state index contributed by atoms with van der Waals surface area (Å²) in [6.07, 6.45) is 6.98. The maximum Gasteiger partial charge on any atom is 0.407 e. The van der Waals surface area contributed by atoms with Gasteiger partial charge in [-0.25, -0.2) is 4.79 Å². The molecule has 4 atom stereocenters. The number of hydrogen-bond acceptors (Lipinski definition) is 5. The van der Waals surface area contributed by atoms with Crippen molar-refractivity contribution in [1.82, 2.24) is 10.6 Å². The lowest BCUT2D eigenvalue weighted by molar-refractivity contribution is -0.132. The molecule has 7 heteroatoms. The van der Waals surface area contributed by atoms with E-state index in [4.69, 9.17) is 14.2 Å². The third kappa shape index (κ3) is 7.11. The highest BCUT2D eigenvalue weighted by atomic mass is 16.7. The van der Waals surface area contributed by atoms with Gasteiger partial charge in [-0.05, 0) is 37.7 Å². The van der Waals surface area contributed by atoms with Crippen LogP contribution in [0.15, 0.2) is 66.3 Å². The van der Waals surface area contributed by atoms with Gasteiger partial charge >= 0.3 is 6.09 Å². The number of methoxy groups -OCH3 is 1. The Kier molecular flexibility index (Phi) is 9.74. The highest BCUT2D eigenvalue weighted by molar-refractivity contribution is 5.82. The quantitative estimate of drug-likeness (QED) is 0.244. The van der Waals surface area contributed by atoms with Gasteiger partial charge in [0.1, 0.15) is 12.9 Å². The fourth-order valence-electron chi connectivity index (χ4n) is 5.26. The molecule has 0 saturated heterocycles. The summed E-state index contributed by atoms with van der Waals surface area (Å²) in [6.45, 7) is 13.2. The van der Waals surface area contributed by atoms with Crippen LogP contribution in [0.1, 0.15) is 46.1 Å². The van der Waals surface area contributed by atoms with Crippen molar-refractivity contribution in [1.29, 1.82) is 0 Å². The molecule has 0 aromatic heterocycles. The van der Waals surface area contributed by atoms with Gasteiger partial charge in [0, 0.05) is 32.0 Å². The lowest BCUT2D eigenvalue weighted by atomic mass is 9.57. The van der Waals surface area contributed by atoms with Gasteiger partial charge in [0.2, 0.25) is 5.91 Å². The number of amides is 2. The number of ether oxygens (including phenoxy) is 3. The first-order chi connectivity index (χ1) is 17.6. The Morgan fingerprint density at radius 2 is 1.92 bits per heavy atom. The summed E-state index contributed by atoms with van der Waals surface area (Å²) >= 11 is 0. The molecule has 1 aromatic rings. The summed E-state index contributed by atoms with van der Waals surface area (Å²) in [4.78, 5) is 25.9. The molecule has 202 valence electrons. The van der Waals surface area contributed by atoms with Crippen molar-refractivity contribution in [3.63, 3.8) is 0 Å². The Hall–Kier alpha value is -2.90. The summed E-state index contributed by atoms with van der Waals surface area (Å²) in [7, 11) is 1.59. The van der Waals surface area contributed by atoms with Crippen LogP contribution in [0.2, 0.25) is 0 Å². The molecule has 0 unspecified atom stereocenters. The molecule has 2 aliphatic carbocycles. The van der Waals surface area contributed by atoms with Gasteiger partial charge in [0.05, 0.1) is 12.0 Å². The molecule has 7 nitrogen and oxygen atoms in total. The molecule has 0 fully saturated rings. The van der Waals surface area contributed by atoms with Crippen LogP contribution in [0.3, 0.4) is 0 Å². The number of carbonyl (C=O) groups is 2. The molecule has 2 N–H and O–H groups in total. The summed E-state index contributed by atoms with van der Waals surface area (Å²) in [5.41, 5.74) is 1.90. The van der Waals surface area contributed by atoms with Gasteiger partial charge in [-0.3, -0.25) is 4.79 Å². The summed E-state index contributed by atoms with van der Waals surface area (Å²) in [6, 6.07) is 9.74. The highest BCUT2D eigenvalue weighted by Crippen LogP contribution is 2.52. The van der Waals surface area contributed by atoms with Crippen molar-refractivity contribution in [2.24, 2.45) is 22.7 Å². The molecule has 0 aliphatic heterocycles. The molecule has 3 rings (SSSR count). The highest BCUT2D eigenvalue weighted by Gasteiger charge is 2.52. The molecule has 0 heterocycles. The lowest BCUT2D eigenvalue weighted by Crippen LogP contribution is -2.53. The standard InChI is InChI=1S/C30H42N2O5/c1-21(2)17-31-27(33)29(4,5)24-12-13-30(19-36-20-35-6)25(16-24)14-22(3)15-26(30)37-28(34)32-18-23-10-8-7-9-11-23/h7-14,24-26H,1,15-20H2,2-6H3,(H,31,33)(H,32,34)/t24-,25+,26+,30+/m1/s1. The number of carbonyl (C=O) groups excluding carboxylic acids is 2. The van der Waals surface area contributed by atoms with Crippen LogP contribution >= 0.6 is 0 Å². The zero-order valence-corrected chi connectivity index (χ0v) is 22.8. The van der Waals surface area contributed by atoms with E-state index in [1.807, 2.05) is 51.1 Å². The van der Waals surface area contributed by atoms with Crippen molar-refractivity contribution in [2.75, 3.05) is 27.1 Å². The fourth-order valence-corrected chi connectivity index (χ4v) is 5.26. The topological polar surface area (TPSA) is 85.9 Å². The van der Waals surface area contributed by atoms with Gasteiger partial charge < -0.3 is 24.8 Å². The number of nitrogens with one attached hydrogen (secondary N) is 2. The molecule has 0 saturated carbocycles. The minimum absolute atomic E-state index is 0.00196. The average molecular weight is 511 g/mol. The Bertz CT molecular complexity index is 1020. The van der Waals surface area contributed by atoms with Crippen LogP contribution in [0.25, 0.3) is 0 Å². The zero-order valence-electron chi connectivity index (χ0n) is 22.8.